The minimum absolute atomic E-state index is 0.0903. The Bertz CT molecular complexity index is 838. The van der Waals surface area contributed by atoms with E-state index in [-0.39, 0.29) is 16.2 Å². The van der Waals surface area contributed by atoms with E-state index >= 15 is 0 Å². The number of benzene rings is 2. The molecule has 0 atom stereocenters. The van der Waals surface area contributed by atoms with Gasteiger partial charge in [-0.3, -0.25) is 4.79 Å². The molecular weight excluding hydrogens is 326 g/mol. The second-order valence-corrected chi connectivity index (χ2v) is 7.82. The number of phenolic OH excluding ortho intramolecular Hbond substituents is 1. The van der Waals surface area contributed by atoms with E-state index in [0.717, 1.165) is 30.4 Å². The number of carbonyl (C=O) groups is 1. The Balaban J connectivity index is 1.87. The van der Waals surface area contributed by atoms with Gasteiger partial charge in [0.1, 0.15) is 5.75 Å². The molecule has 0 aliphatic carbocycles. The summed E-state index contributed by atoms with van der Waals surface area (Å²) in [7, 11) is -3.44. The number of carbonyl (C=O) groups excluding carboxylic acids is 1. The van der Waals surface area contributed by atoms with Gasteiger partial charge in [0.25, 0.3) is 0 Å². The van der Waals surface area contributed by atoms with Crippen molar-refractivity contribution in [2.75, 3.05) is 13.1 Å². The van der Waals surface area contributed by atoms with Crippen molar-refractivity contribution in [2.45, 2.75) is 24.2 Å². The standard InChI is InChI=1S/C18H19NO4S/c20-13-16-5-4-15(12-18(16)21)14-6-8-17(9-7-14)24(22,23)19-10-2-1-3-11-19/h4-9,12-13,21H,1-3,10-11H2. The molecule has 1 heterocycles. The second-order valence-electron chi connectivity index (χ2n) is 5.88. The summed E-state index contributed by atoms with van der Waals surface area (Å²) in [6, 6.07) is 11.4. The lowest BCUT2D eigenvalue weighted by Crippen LogP contribution is -2.35. The SMILES string of the molecule is O=Cc1ccc(-c2ccc(S(=O)(=O)N3CCCCC3)cc2)cc1O. The van der Waals surface area contributed by atoms with Crippen LogP contribution in [-0.2, 0) is 10.0 Å². The first-order chi connectivity index (χ1) is 11.5. The summed E-state index contributed by atoms with van der Waals surface area (Å²) in [6.07, 6.45) is 3.47. The number of hydrogen-bond donors (Lipinski definition) is 1. The minimum Gasteiger partial charge on any atom is -0.507 e. The van der Waals surface area contributed by atoms with Gasteiger partial charge in [0, 0.05) is 13.1 Å². The van der Waals surface area contributed by atoms with Gasteiger partial charge in [-0.15, -0.1) is 0 Å². The van der Waals surface area contributed by atoms with Crippen molar-refractivity contribution < 1.29 is 18.3 Å². The molecule has 1 N–H and O–H groups in total. The first kappa shape index (κ1) is 16.7. The van der Waals surface area contributed by atoms with Crippen molar-refractivity contribution in [1.82, 2.24) is 4.31 Å². The van der Waals surface area contributed by atoms with E-state index < -0.39 is 10.0 Å². The third-order valence-electron chi connectivity index (χ3n) is 4.30. The van der Waals surface area contributed by atoms with Crippen LogP contribution >= 0.6 is 0 Å². The quantitative estimate of drug-likeness (QED) is 0.864. The van der Waals surface area contributed by atoms with Crippen LogP contribution in [0.3, 0.4) is 0 Å². The van der Waals surface area contributed by atoms with E-state index in [1.54, 1.807) is 30.3 Å². The number of phenols is 1. The summed E-state index contributed by atoms with van der Waals surface area (Å²) in [5, 5.41) is 9.77. The predicted octanol–water partition coefficient (Wildman–Crippen LogP) is 3.05. The van der Waals surface area contributed by atoms with Gasteiger partial charge in [-0.2, -0.15) is 4.31 Å². The van der Waals surface area contributed by atoms with Crippen LogP contribution in [0.15, 0.2) is 47.4 Å². The molecule has 5 nitrogen and oxygen atoms in total. The minimum atomic E-state index is -3.44. The van der Waals surface area contributed by atoms with E-state index in [0.29, 0.717) is 19.4 Å². The highest BCUT2D eigenvalue weighted by atomic mass is 32.2. The molecule has 0 aromatic heterocycles. The Labute approximate surface area is 141 Å². The molecule has 0 radical (unpaired) electrons. The summed E-state index contributed by atoms with van der Waals surface area (Å²) in [5.74, 6) is -0.0903. The highest BCUT2D eigenvalue weighted by Crippen LogP contribution is 2.28. The Morgan fingerprint density at radius 3 is 2.12 bits per heavy atom. The van der Waals surface area contributed by atoms with Crippen molar-refractivity contribution in [2.24, 2.45) is 0 Å². The first-order valence-electron chi connectivity index (χ1n) is 7.91. The lowest BCUT2D eigenvalue weighted by Gasteiger charge is -2.25. The molecular formula is C18H19NO4S. The average Bonchev–Trinajstić information content (AvgIpc) is 2.62. The number of rotatable bonds is 4. The number of aldehydes is 1. The molecule has 0 spiro atoms. The van der Waals surface area contributed by atoms with Crippen LogP contribution < -0.4 is 0 Å². The van der Waals surface area contributed by atoms with Crippen molar-refractivity contribution in [3.05, 3.63) is 48.0 Å². The summed E-state index contributed by atoms with van der Waals surface area (Å²) >= 11 is 0. The van der Waals surface area contributed by atoms with E-state index in [9.17, 15) is 18.3 Å². The van der Waals surface area contributed by atoms with Crippen molar-refractivity contribution in [3.63, 3.8) is 0 Å². The number of hydrogen-bond acceptors (Lipinski definition) is 4. The molecule has 0 bridgehead atoms. The number of sulfonamides is 1. The molecule has 3 rings (SSSR count). The van der Waals surface area contributed by atoms with Crippen molar-refractivity contribution in [1.29, 1.82) is 0 Å². The maximum Gasteiger partial charge on any atom is 0.243 e. The molecule has 0 amide bonds. The van der Waals surface area contributed by atoms with Gasteiger partial charge in [0.05, 0.1) is 10.5 Å². The van der Waals surface area contributed by atoms with Crippen LogP contribution in [0.5, 0.6) is 5.75 Å². The zero-order chi connectivity index (χ0) is 17.2. The van der Waals surface area contributed by atoms with Crippen molar-refractivity contribution in [3.8, 4) is 16.9 Å². The molecule has 6 heteroatoms. The molecule has 2 aromatic rings. The van der Waals surface area contributed by atoms with Gasteiger partial charge < -0.3 is 5.11 Å². The van der Waals surface area contributed by atoms with E-state index in [1.165, 1.54) is 16.4 Å². The van der Waals surface area contributed by atoms with Crippen LogP contribution in [0.25, 0.3) is 11.1 Å². The highest BCUT2D eigenvalue weighted by Gasteiger charge is 2.25. The zero-order valence-electron chi connectivity index (χ0n) is 13.2. The number of aromatic hydroxyl groups is 1. The van der Waals surface area contributed by atoms with Gasteiger partial charge in [-0.25, -0.2) is 8.42 Å². The van der Waals surface area contributed by atoms with Crippen LogP contribution in [-0.4, -0.2) is 37.2 Å². The van der Waals surface area contributed by atoms with Gasteiger partial charge >= 0.3 is 0 Å². The Hall–Kier alpha value is -2.18. The molecule has 2 aromatic carbocycles. The Morgan fingerprint density at radius 1 is 0.917 bits per heavy atom. The largest absolute Gasteiger partial charge is 0.507 e. The number of nitrogens with zero attached hydrogens (tertiary/aromatic N) is 1. The molecule has 1 saturated heterocycles. The maximum absolute atomic E-state index is 12.6. The monoisotopic (exact) mass is 345 g/mol. The fraction of sp³-hybridized carbons (Fsp3) is 0.278. The molecule has 1 aliphatic heterocycles. The molecule has 0 saturated carbocycles. The van der Waals surface area contributed by atoms with Crippen molar-refractivity contribution >= 4 is 16.3 Å². The highest BCUT2D eigenvalue weighted by molar-refractivity contribution is 7.89. The summed E-state index contributed by atoms with van der Waals surface area (Å²) in [6.45, 7) is 1.15. The van der Waals surface area contributed by atoms with Gasteiger partial charge in [-0.05, 0) is 48.2 Å². The zero-order valence-corrected chi connectivity index (χ0v) is 14.0. The van der Waals surface area contributed by atoms with E-state index in [4.69, 9.17) is 0 Å². The third-order valence-corrected chi connectivity index (χ3v) is 6.21. The maximum atomic E-state index is 12.6. The van der Waals surface area contributed by atoms with E-state index in [2.05, 4.69) is 0 Å². The first-order valence-corrected chi connectivity index (χ1v) is 9.35. The van der Waals surface area contributed by atoms with Gasteiger partial charge in [0.15, 0.2) is 6.29 Å². The van der Waals surface area contributed by atoms with Gasteiger partial charge in [-0.1, -0.05) is 24.6 Å². The second kappa shape index (κ2) is 6.75. The summed E-state index contributed by atoms with van der Waals surface area (Å²) < 4.78 is 26.8. The normalized spacial score (nSPS) is 16.0. The van der Waals surface area contributed by atoms with E-state index in [1.807, 2.05) is 0 Å². The summed E-state index contributed by atoms with van der Waals surface area (Å²) in [4.78, 5) is 11.0. The lowest BCUT2D eigenvalue weighted by molar-refractivity contribution is 0.112. The molecule has 1 fully saturated rings. The third kappa shape index (κ3) is 3.20. The van der Waals surface area contributed by atoms with Crippen LogP contribution in [0.2, 0.25) is 0 Å². The fourth-order valence-corrected chi connectivity index (χ4v) is 4.41. The Morgan fingerprint density at radius 2 is 1.54 bits per heavy atom. The van der Waals surface area contributed by atoms with Crippen LogP contribution in [0.1, 0.15) is 29.6 Å². The molecule has 24 heavy (non-hydrogen) atoms. The Kier molecular flexibility index (Phi) is 4.69. The van der Waals surface area contributed by atoms with Crippen LogP contribution in [0.4, 0.5) is 0 Å². The number of piperidine rings is 1. The van der Waals surface area contributed by atoms with Gasteiger partial charge in [0.2, 0.25) is 10.0 Å². The fourth-order valence-electron chi connectivity index (χ4n) is 2.90. The smallest absolute Gasteiger partial charge is 0.243 e. The predicted molar refractivity (Wildman–Crippen MR) is 91.5 cm³/mol. The lowest BCUT2D eigenvalue weighted by atomic mass is 10.0. The summed E-state index contributed by atoms with van der Waals surface area (Å²) in [5.41, 5.74) is 1.73. The average molecular weight is 345 g/mol. The molecule has 1 aliphatic rings. The topological polar surface area (TPSA) is 74.7 Å². The molecule has 126 valence electrons. The molecule has 0 unspecified atom stereocenters. The van der Waals surface area contributed by atoms with Crippen LogP contribution in [0, 0.1) is 0 Å².